The standard InChI is InChI=1S/C16H24N2O4S/c1-13(22-12-14-7-4-3-5-8-14)16(19)18-10-6-9-15(11-18)17-23(2,20)21/h3-5,7-8,13,15,17H,6,9-12H2,1-2H3/t13-,15+/m0/s1. The molecule has 0 saturated carbocycles. The van der Waals surface area contributed by atoms with Gasteiger partial charge in [0.05, 0.1) is 12.9 Å². The highest BCUT2D eigenvalue weighted by atomic mass is 32.2. The Labute approximate surface area is 137 Å². The van der Waals surface area contributed by atoms with Crippen molar-refractivity contribution in [1.29, 1.82) is 0 Å². The molecule has 0 radical (unpaired) electrons. The Bertz CT molecular complexity index is 618. The average Bonchev–Trinajstić information content (AvgIpc) is 2.51. The predicted molar refractivity (Wildman–Crippen MR) is 88.3 cm³/mol. The molecule has 1 aliphatic heterocycles. The number of hydrogen-bond donors (Lipinski definition) is 1. The van der Waals surface area contributed by atoms with Crippen molar-refractivity contribution in [2.45, 2.75) is 38.5 Å². The van der Waals surface area contributed by atoms with Crippen LogP contribution in [0.5, 0.6) is 0 Å². The van der Waals surface area contributed by atoms with Gasteiger partial charge in [-0.1, -0.05) is 30.3 Å². The van der Waals surface area contributed by atoms with Gasteiger partial charge >= 0.3 is 0 Å². The van der Waals surface area contributed by atoms with Gasteiger partial charge in [0.25, 0.3) is 5.91 Å². The quantitative estimate of drug-likeness (QED) is 0.842. The van der Waals surface area contributed by atoms with E-state index < -0.39 is 16.1 Å². The van der Waals surface area contributed by atoms with Crippen LogP contribution in [0.15, 0.2) is 30.3 Å². The van der Waals surface area contributed by atoms with Crippen LogP contribution in [-0.4, -0.2) is 50.7 Å². The zero-order valence-electron chi connectivity index (χ0n) is 13.6. The number of carbonyl (C=O) groups excluding carboxylic acids is 1. The lowest BCUT2D eigenvalue weighted by atomic mass is 10.1. The molecule has 1 fully saturated rings. The number of carbonyl (C=O) groups is 1. The fourth-order valence-electron chi connectivity index (χ4n) is 2.70. The minimum absolute atomic E-state index is 0.0964. The Hall–Kier alpha value is -1.44. The number of sulfonamides is 1. The Balaban J connectivity index is 1.86. The maximum Gasteiger partial charge on any atom is 0.251 e. The highest BCUT2D eigenvalue weighted by Gasteiger charge is 2.28. The summed E-state index contributed by atoms with van der Waals surface area (Å²) in [4.78, 5) is 14.1. The fourth-order valence-corrected chi connectivity index (χ4v) is 3.50. The number of nitrogens with one attached hydrogen (secondary N) is 1. The molecule has 0 unspecified atom stereocenters. The summed E-state index contributed by atoms with van der Waals surface area (Å²) < 4.78 is 30.9. The van der Waals surface area contributed by atoms with Crippen LogP contribution in [0.4, 0.5) is 0 Å². The fraction of sp³-hybridized carbons (Fsp3) is 0.562. The number of hydrogen-bond acceptors (Lipinski definition) is 4. The van der Waals surface area contributed by atoms with E-state index >= 15 is 0 Å². The van der Waals surface area contributed by atoms with Gasteiger partial charge in [0, 0.05) is 19.1 Å². The number of rotatable bonds is 6. The van der Waals surface area contributed by atoms with Crippen LogP contribution in [-0.2, 0) is 26.2 Å². The molecule has 0 aromatic heterocycles. The minimum Gasteiger partial charge on any atom is -0.364 e. The molecule has 2 rings (SSSR count). The van der Waals surface area contributed by atoms with Crippen LogP contribution < -0.4 is 4.72 Å². The van der Waals surface area contributed by atoms with Crippen LogP contribution in [0.3, 0.4) is 0 Å². The van der Waals surface area contributed by atoms with E-state index in [4.69, 9.17) is 4.74 Å². The van der Waals surface area contributed by atoms with Crippen LogP contribution >= 0.6 is 0 Å². The number of benzene rings is 1. The Kier molecular flexibility index (Phi) is 6.15. The second-order valence-corrected chi connectivity index (χ2v) is 7.73. The van der Waals surface area contributed by atoms with Gasteiger partial charge in [-0.15, -0.1) is 0 Å². The molecule has 1 N–H and O–H groups in total. The number of piperidine rings is 1. The monoisotopic (exact) mass is 340 g/mol. The number of likely N-dealkylation sites (tertiary alicyclic amines) is 1. The molecule has 0 aliphatic carbocycles. The largest absolute Gasteiger partial charge is 0.364 e. The summed E-state index contributed by atoms with van der Waals surface area (Å²) in [6.45, 7) is 3.15. The summed E-state index contributed by atoms with van der Waals surface area (Å²) in [6.07, 6.45) is 2.12. The number of ether oxygens (including phenoxy) is 1. The molecule has 1 aliphatic rings. The van der Waals surface area contributed by atoms with E-state index in [-0.39, 0.29) is 11.9 Å². The van der Waals surface area contributed by atoms with Gasteiger partial charge < -0.3 is 9.64 Å². The van der Waals surface area contributed by atoms with Crippen molar-refractivity contribution < 1.29 is 17.9 Å². The van der Waals surface area contributed by atoms with E-state index in [0.717, 1.165) is 24.7 Å². The molecule has 1 aromatic carbocycles. The summed E-state index contributed by atoms with van der Waals surface area (Å²) >= 11 is 0. The average molecular weight is 340 g/mol. The molecular formula is C16H24N2O4S. The molecule has 6 nitrogen and oxygen atoms in total. The third-order valence-corrected chi connectivity index (χ3v) is 4.57. The van der Waals surface area contributed by atoms with E-state index in [0.29, 0.717) is 19.7 Å². The second-order valence-electron chi connectivity index (χ2n) is 5.95. The normalized spacial score (nSPS) is 20.3. The van der Waals surface area contributed by atoms with Crippen LogP contribution in [0.1, 0.15) is 25.3 Å². The van der Waals surface area contributed by atoms with E-state index in [1.165, 1.54) is 0 Å². The number of nitrogens with zero attached hydrogens (tertiary/aromatic N) is 1. The third-order valence-electron chi connectivity index (χ3n) is 3.80. The molecule has 2 atom stereocenters. The lowest BCUT2D eigenvalue weighted by Gasteiger charge is -2.34. The SMILES string of the molecule is C[C@H](OCc1ccccc1)C(=O)N1CCC[C@@H](NS(C)(=O)=O)C1. The molecule has 1 amide bonds. The van der Waals surface area contributed by atoms with Gasteiger partial charge in [0.1, 0.15) is 6.10 Å². The summed E-state index contributed by atoms with van der Waals surface area (Å²) in [6, 6.07) is 9.47. The topological polar surface area (TPSA) is 75.7 Å². The molecule has 0 bridgehead atoms. The first-order valence-electron chi connectivity index (χ1n) is 7.77. The van der Waals surface area contributed by atoms with Crippen LogP contribution in [0.2, 0.25) is 0 Å². The maximum absolute atomic E-state index is 12.5. The predicted octanol–water partition coefficient (Wildman–Crippen LogP) is 1.13. The molecule has 7 heteroatoms. The van der Waals surface area contributed by atoms with Gasteiger partial charge in [-0.3, -0.25) is 4.79 Å². The lowest BCUT2D eigenvalue weighted by Crippen LogP contribution is -2.51. The summed E-state index contributed by atoms with van der Waals surface area (Å²) in [7, 11) is -3.26. The first-order chi connectivity index (χ1) is 10.8. The van der Waals surface area contributed by atoms with Crippen molar-refractivity contribution in [1.82, 2.24) is 9.62 Å². The van der Waals surface area contributed by atoms with E-state index in [9.17, 15) is 13.2 Å². The summed E-state index contributed by atoms with van der Waals surface area (Å²) in [5, 5.41) is 0. The lowest BCUT2D eigenvalue weighted by molar-refractivity contribution is -0.144. The van der Waals surface area contributed by atoms with Crippen molar-refractivity contribution in [2.75, 3.05) is 19.3 Å². The van der Waals surface area contributed by atoms with Crippen molar-refractivity contribution in [2.24, 2.45) is 0 Å². The Morgan fingerprint density at radius 3 is 2.74 bits per heavy atom. The molecule has 1 heterocycles. The highest BCUT2D eigenvalue weighted by Crippen LogP contribution is 2.14. The molecule has 128 valence electrons. The molecular weight excluding hydrogens is 316 g/mol. The maximum atomic E-state index is 12.5. The number of amides is 1. The van der Waals surface area contributed by atoms with Crippen molar-refractivity contribution in [3.05, 3.63) is 35.9 Å². The van der Waals surface area contributed by atoms with Crippen LogP contribution in [0, 0.1) is 0 Å². The minimum atomic E-state index is -3.26. The Morgan fingerprint density at radius 1 is 1.39 bits per heavy atom. The molecule has 1 saturated heterocycles. The van der Waals surface area contributed by atoms with Gasteiger partial charge in [0.15, 0.2) is 0 Å². The van der Waals surface area contributed by atoms with Gasteiger partial charge in [0.2, 0.25) is 10.0 Å². The molecule has 23 heavy (non-hydrogen) atoms. The molecule has 0 spiro atoms. The van der Waals surface area contributed by atoms with Gasteiger partial charge in [-0.2, -0.15) is 0 Å². The zero-order chi connectivity index (χ0) is 16.9. The summed E-state index contributed by atoms with van der Waals surface area (Å²) in [5.41, 5.74) is 1.02. The van der Waals surface area contributed by atoms with E-state index in [1.807, 2.05) is 30.3 Å². The van der Waals surface area contributed by atoms with Crippen molar-refractivity contribution >= 4 is 15.9 Å². The van der Waals surface area contributed by atoms with E-state index in [1.54, 1.807) is 11.8 Å². The molecule has 1 aromatic rings. The smallest absolute Gasteiger partial charge is 0.251 e. The van der Waals surface area contributed by atoms with Gasteiger partial charge in [-0.05, 0) is 25.3 Å². The van der Waals surface area contributed by atoms with Crippen molar-refractivity contribution in [3.63, 3.8) is 0 Å². The van der Waals surface area contributed by atoms with E-state index in [2.05, 4.69) is 4.72 Å². The summed E-state index contributed by atoms with van der Waals surface area (Å²) in [5.74, 6) is -0.0964. The Morgan fingerprint density at radius 2 is 2.09 bits per heavy atom. The highest BCUT2D eigenvalue weighted by molar-refractivity contribution is 7.88. The first kappa shape index (κ1) is 17.9. The van der Waals surface area contributed by atoms with Crippen molar-refractivity contribution in [3.8, 4) is 0 Å². The zero-order valence-corrected chi connectivity index (χ0v) is 14.4. The second kappa shape index (κ2) is 7.90. The third kappa shape index (κ3) is 5.93. The van der Waals surface area contributed by atoms with Gasteiger partial charge in [-0.25, -0.2) is 13.1 Å². The first-order valence-corrected chi connectivity index (χ1v) is 9.66. The van der Waals surface area contributed by atoms with Crippen LogP contribution in [0.25, 0.3) is 0 Å².